The van der Waals surface area contributed by atoms with Gasteiger partial charge in [0.25, 0.3) is 11.8 Å². The highest BCUT2D eigenvalue weighted by Crippen LogP contribution is 2.17. The van der Waals surface area contributed by atoms with Gasteiger partial charge in [-0.3, -0.25) is 9.59 Å². The van der Waals surface area contributed by atoms with Crippen LogP contribution < -0.4 is 15.5 Å². The Hall–Kier alpha value is -2.93. The van der Waals surface area contributed by atoms with Gasteiger partial charge in [0.2, 0.25) is 0 Å². The van der Waals surface area contributed by atoms with E-state index in [4.69, 9.17) is 4.74 Å². The van der Waals surface area contributed by atoms with E-state index in [0.29, 0.717) is 30.2 Å². The Labute approximate surface area is 158 Å². The third-order valence-corrected chi connectivity index (χ3v) is 4.32. The van der Waals surface area contributed by atoms with Crippen LogP contribution in [0.4, 0.5) is 11.5 Å². The number of anilines is 2. The molecule has 2 heterocycles. The molecule has 0 spiro atoms. The van der Waals surface area contributed by atoms with Crippen LogP contribution in [0.1, 0.15) is 28.8 Å². The number of nitrogens with one attached hydrogen (secondary N) is 2. The van der Waals surface area contributed by atoms with Crippen LogP contribution in [0.25, 0.3) is 0 Å². The maximum absolute atomic E-state index is 12.5. The van der Waals surface area contributed by atoms with Crippen molar-refractivity contribution in [1.29, 1.82) is 0 Å². The highest BCUT2D eigenvalue weighted by molar-refractivity contribution is 5.98. The molecular formula is C20H24N4O3. The average Bonchev–Trinajstić information content (AvgIpc) is 3.21. The summed E-state index contributed by atoms with van der Waals surface area (Å²) in [5.74, 6) is 0.299. The summed E-state index contributed by atoms with van der Waals surface area (Å²) in [4.78, 5) is 30.7. The van der Waals surface area contributed by atoms with Crippen LogP contribution in [-0.4, -0.2) is 43.6 Å². The molecule has 1 unspecified atom stereocenters. The molecule has 3 rings (SSSR count). The van der Waals surface area contributed by atoms with Crippen molar-refractivity contribution in [3.8, 4) is 0 Å². The molecule has 1 saturated heterocycles. The first kappa shape index (κ1) is 18.8. The molecule has 0 radical (unpaired) electrons. The van der Waals surface area contributed by atoms with E-state index in [2.05, 4.69) is 15.6 Å². The minimum Gasteiger partial charge on any atom is -0.368 e. The summed E-state index contributed by atoms with van der Waals surface area (Å²) in [7, 11) is 3.69. The van der Waals surface area contributed by atoms with Crippen molar-refractivity contribution in [2.24, 2.45) is 0 Å². The Morgan fingerprint density at radius 1 is 1.26 bits per heavy atom. The van der Waals surface area contributed by atoms with Crippen LogP contribution in [0.5, 0.6) is 0 Å². The normalized spacial score (nSPS) is 16.0. The molecule has 0 saturated carbocycles. The number of benzene rings is 1. The highest BCUT2D eigenvalue weighted by atomic mass is 16.5. The van der Waals surface area contributed by atoms with Gasteiger partial charge in [-0.15, -0.1) is 0 Å². The van der Waals surface area contributed by atoms with E-state index in [0.717, 1.165) is 18.4 Å². The lowest BCUT2D eigenvalue weighted by Gasteiger charge is -2.15. The van der Waals surface area contributed by atoms with E-state index in [1.807, 2.05) is 38.4 Å². The molecule has 1 aliphatic heterocycles. The van der Waals surface area contributed by atoms with Gasteiger partial charge in [-0.25, -0.2) is 4.98 Å². The van der Waals surface area contributed by atoms with Crippen molar-refractivity contribution in [3.63, 3.8) is 0 Å². The van der Waals surface area contributed by atoms with Crippen LogP contribution >= 0.6 is 0 Å². The second-order valence-corrected chi connectivity index (χ2v) is 6.64. The smallest absolute Gasteiger partial charge is 0.255 e. The summed E-state index contributed by atoms with van der Waals surface area (Å²) in [5.41, 5.74) is 2.10. The topological polar surface area (TPSA) is 83.6 Å². The summed E-state index contributed by atoms with van der Waals surface area (Å²) in [6.45, 7) is 0.984. The fourth-order valence-electron chi connectivity index (χ4n) is 2.97. The van der Waals surface area contributed by atoms with Crippen LogP contribution in [0, 0.1) is 0 Å². The van der Waals surface area contributed by atoms with Crippen molar-refractivity contribution < 1.29 is 14.3 Å². The first-order valence-electron chi connectivity index (χ1n) is 8.96. The first-order chi connectivity index (χ1) is 13.0. The molecule has 1 aliphatic rings. The lowest BCUT2D eigenvalue weighted by molar-refractivity contribution is -0.124. The Morgan fingerprint density at radius 2 is 2.11 bits per heavy atom. The van der Waals surface area contributed by atoms with Gasteiger partial charge in [-0.2, -0.15) is 0 Å². The Kier molecular flexibility index (Phi) is 6.03. The van der Waals surface area contributed by atoms with Crippen LogP contribution in [-0.2, 0) is 16.1 Å². The van der Waals surface area contributed by atoms with Gasteiger partial charge in [-0.1, -0.05) is 12.1 Å². The number of carbonyl (C=O) groups is 2. The molecule has 1 aromatic heterocycles. The fraction of sp³-hybridized carbons (Fsp3) is 0.350. The summed E-state index contributed by atoms with van der Waals surface area (Å²) >= 11 is 0. The molecule has 1 atom stereocenters. The zero-order chi connectivity index (χ0) is 19.2. The highest BCUT2D eigenvalue weighted by Gasteiger charge is 2.23. The summed E-state index contributed by atoms with van der Waals surface area (Å²) in [6.07, 6.45) is 2.95. The minimum atomic E-state index is -0.372. The number of rotatable bonds is 6. The molecule has 27 heavy (non-hydrogen) atoms. The summed E-state index contributed by atoms with van der Waals surface area (Å²) in [5, 5.41) is 5.78. The third-order valence-electron chi connectivity index (χ3n) is 4.32. The van der Waals surface area contributed by atoms with E-state index >= 15 is 0 Å². The zero-order valence-corrected chi connectivity index (χ0v) is 15.6. The number of hydrogen-bond donors (Lipinski definition) is 2. The lowest BCUT2D eigenvalue weighted by atomic mass is 10.1. The number of amides is 2. The number of hydrogen-bond acceptors (Lipinski definition) is 5. The summed E-state index contributed by atoms with van der Waals surface area (Å²) < 4.78 is 5.40. The van der Waals surface area contributed by atoms with Gasteiger partial charge in [0, 0.05) is 39.1 Å². The van der Waals surface area contributed by atoms with Crippen molar-refractivity contribution in [1.82, 2.24) is 10.3 Å². The number of nitrogens with zero attached hydrogens (tertiary/aromatic N) is 2. The van der Waals surface area contributed by atoms with Gasteiger partial charge in [0.15, 0.2) is 0 Å². The quantitative estimate of drug-likeness (QED) is 0.817. The largest absolute Gasteiger partial charge is 0.368 e. The van der Waals surface area contributed by atoms with E-state index in [9.17, 15) is 9.59 Å². The average molecular weight is 368 g/mol. The van der Waals surface area contributed by atoms with Crippen LogP contribution in [0.15, 0.2) is 42.6 Å². The predicted octanol–water partition coefficient (Wildman–Crippen LogP) is 2.20. The van der Waals surface area contributed by atoms with Gasteiger partial charge in [0.1, 0.15) is 11.9 Å². The number of aromatic nitrogens is 1. The van der Waals surface area contributed by atoms with E-state index in [1.165, 1.54) is 0 Å². The SMILES string of the molecule is CN(C)c1ncccc1C(=O)NCc1cccc(NC(=O)C2CCCO2)c1. The van der Waals surface area contributed by atoms with Crippen molar-refractivity contribution >= 4 is 23.3 Å². The monoisotopic (exact) mass is 368 g/mol. The van der Waals surface area contributed by atoms with Crippen molar-refractivity contribution in [2.75, 3.05) is 30.9 Å². The fourth-order valence-corrected chi connectivity index (χ4v) is 2.97. The minimum absolute atomic E-state index is 0.125. The maximum atomic E-state index is 12.5. The Balaban J connectivity index is 1.61. The van der Waals surface area contributed by atoms with E-state index < -0.39 is 0 Å². The van der Waals surface area contributed by atoms with Gasteiger partial charge >= 0.3 is 0 Å². The molecule has 7 heteroatoms. The number of carbonyl (C=O) groups excluding carboxylic acids is 2. The molecule has 2 N–H and O–H groups in total. The first-order valence-corrected chi connectivity index (χ1v) is 8.96. The van der Waals surface area contributed by atoms with E-state index in [1.54, 1.807) is 23.2 Å². The number of ether oxygens (including phenoxy) is 1. The van der Waals surface area contributed by atoms with Crippen molar-refractivity contribution in [3.05, 3.63) is 53.7 Å². The van der Waals surface area contributed by atoms with Crippen molar-refractivity contribution in [2.45, 2.75) is 25.5 Å². The standard InChI is InChI=1S/C20H24N4O3/c1-24(2)18-16(8-4-10-21-18)19(25)22-13-14-6-3-7-15(12-14)23-20(26)17-9-5-11-27-17/h3-4,6-8,10,12,17H,5,9,11,13H2,1-2H3,(H,22,25)(H,23,26). The van der Waals surface area contributed by atoms with E-state index in [-0.39, 0.29) is 17.9 Å². The maximum Gasteiger partial charge on any atom is 0.255 e. The Bertz CT molecular complexity index is 816. The van der Waals surface area contributed by atoms with Gasteiger partial charge in [0.05, 0.1) is 5.56 Å². The van der Waals surface area contributed by atoms with Crippen LogP contribution in [0.2, 0.25) is 0 Å². The van der Waals surface area contributed by atoms with Crippen LogP contribution in [0.3, 0.4) is 0 Å². The zero-order valence-electron chi connectivity index (χ0n) is 15.6. The molecule has 7 nitrogen and oxygen atoms in total. The second kappa shape index (κ2) is 8.64. The molecule has 1 fully saturated rings. The van der Waals surface area contributed by atoms with Gasteiger partial charge < -0.3 is 20.3 Å². The molecular weight excluding hydrogens is 344 g/mol. The Morgan fingerprint density at radius 3 is 2.85 bits per heavy atom. The molecule has 0 bridgehead atoms. The summed E-state index contributed by atoms with van der Waals surface area (Å²) in [6, 6.07) is 10.9. The molecule has 0 aliphatic carbocycles. The molecule has 2 aromatic rings. The lowest BCUT2D eigenvalue weighted by Crippen LogP contribution is -2.27. The second-order valence-electron chi connectivity index (χ2n) is 6.64. The molecule has 142 valence electrons. The number of pyridine rings is 1. The molecule has 2 amide bonds. The van der Waals surface area contributed by atoms with Gasteiger partial charge in [-0.05, 0) is 42.7 Å². The predicted molar refractivity (Wildman–Crippen MR) is 104 cm³/mol. The third kappa shape index (κ3) is 4.83. The molecule has 1 aromatic carbocycles.